The van der Waals surface area contributed by atoms with Crippen molar-refractivity contribution < 1.29 is 5.11 Å². The Kier molecular flexibility index (Phi) is 5.59. The van der Waals surface area contributed by atoms with Crippen molar-refractivity contribution in [2.24, 2.45) is 0 Å². The third kappa shape index (κ3) is 4.55. The van der Waals surface area contributed by atoms with Gasteiger partial charge in [-0.15, -0.1) is 0 Å². The molecule has 142 valence electrons. The van der Waals surface area contributed by atoms with Crippen molar-refractivity contribution in [2.75, 3.05) is 10.6 Å². The first-order valence-corrected chi connectivity index (χ1v) is 9.14. The third-order valence-corrected chi connectivity index (χ3v) is 4.37. The van der Waals surface area contributed by atoms with Gasteiger partial charge in [-0.25, -0.2) is 4.98 Å². The fourth-order valence-electron chi connectivity index (χ4n) is 3.03. The molecule has 7 nitrogen and oxygen atoms in total. The summed E-state index contributed by atoms with van der Waals surface area (Å²) in [5.41, 5.74) is 5.01. The maximum absolute atomic E-state index is 9.60. The molecule has 0 fully saturated rings. The molecule has 0 aliphatic carbocycles. The number of benzene rings is 1. The van der Waals surface area contributed by atoms with E-state index >= 15 is 0 Å². The molecule has 3 rings (SSSR count). The standard InChI is InChI=1S/C20H26N6O/c1-5-9-26-15(4)18(14(3)25-26)12-21-19-10-13(2)22-20(24-19)23-16-7-6-8-17(27)11-16/h6-8,10-11,27H,5,9,12H2,1-4H3,(H2,21,22,23,24). The molecule has 3 aromatic rings. The van der Waals surface area contributed by atoms with E-state index < -0.39 is 0 Å². The van der Waals surface area contributed by atoms with Crippen molar-refractivity contribution in [2.45, 2.75) is 47.2 Å². The smallest absolute Gasteiger partial charge is 0.229 e. The molecule has 7 heteroatoms. The topological polar surface area (TPSA) is 87.9 Å². The summed E-state index contributed by atoms with van der Waals surface area (Å²) in [7, 11) is 0. The summed E-state index contributed by atoms with van der Waals surface area (Å²) >= 11 is 0. The Hall–Kier alpha value is -3.09. The molecule has 1 aromatic carbocycles. The molecule has 0 unspecified atom stereocenters. The molecule has 0 amide bonds. The van der Waals surface area contributed by atoms with Crippen LogP contribution < -0.4 is 10.6 Å². The Bertz CT molecular complexity index is 934. The third-order valence-electron chi connectivity index (χ3n) is 4.37. The molecule has 0 aliphatic heterocycles. The molecule has 0 atom stereocenters. The highest BCUT2D eigenvalue weighted by molar-refractivity contribution is 5.57. The van der Waals surface area contributed by atoms with Crippen molar-refractivity contribution >= 4 is 17.5 Å². The van der Waals surface area contributed by atoms with Crippen LogP contribution in [-0.2, 0) is 13.1 Å². The monoisotopic (exact) mass is 366 g/mol. The van der Waals surface area contributed by atoms with Crippen LogP contribution in [0.1, 0.15) is 36.0 Å². The van der Waals surface area contributed by atoms with Crippen molar-refractivity contribution in [3.8, 4) is 5.75 Å². The van der Waals surface area contributed by atoms with E-state index in [1.807, 2.05) is 26.0 Å². The fourth-order valence-corrected chi connectivity index (χ4v) is 3.03. The van der Waals surface area contributed by atoms with Gasteiger partial charge in [0.15, 0.2) is 0 Å². The Morgan fingerprint density at radius 2 is 1.93 bits per heavy atom. The average Bonchev–Trinajstić information content (AvgIpc) is 2.86. The van der Waals surface area contributed by atoms with E-state index in [0.717, 1.165) is 35.9 Å². The number of aromatic nitrogens is 4. The van der Waals surface area contributed by atoms with Gasteiger partial charge in [-0.1, -0.05) is 13.0 Å². The van der Waals surface area contributed by atoms with E-state index in [4.69, 9.17) is 0 Å². The molecule has 2 heterocycles. The molecule has 0 aliphatic rings. The molecule has 0 saturated carbocycles. The van der Waals surface area contributed by atoms with Crippen molar-refractivity contribution in [3.63, 3.8) is 0 Å². The Balaban J connectivity index is 1.75. The first-order chi connectivity index (χ1) is 13.0. The fraction of sp³-hybridized carbons (Fsp3) is 0.350. The highest BCUT2D eigenvalue weighted by atomic mass is 16.3. The number of hydrogen-bond donors (Lipinski definition) is 3. The second-order valence-corrected chi connectivity index (χ2v) is 6.62. The van der Waals surface area contributed by atoms with Gasteiger partial charge >= 0.3 is 0 Å². The van der Waals surface area contributed by atoms with Crippen molar-refractivity contribution in [1.82, 2.24) is 19.7 Å². The number of phenols is 1. The molecule has 2 aromatic heterocycles. The zero-order chi connectivity index (χ0) is 19.4. The lowest BCUT2D eigenvalue weighted by molar-refractivity contribution is 0.475. The minimum atomic E-state index is 0.195. The van der Waals surface area contributed by atoms with E-state index in [9.17, 15) is 5.11 Å². The predicted octanol–water partition coefficient (Wildman–Crippen LogP) is 4.07. The lowest BCUT2D eigenvalue weighted by Gasteiger charge is -2.11. The predicted molar refractivity (Wildman–Crippen MR) is 107 cm³/mol. The summed E-state index contributed by atoms with van der Waals surface area (Å²) in [6.45, 7) is 9.80. The quantitative estimate of drug-likeness (QED) is 0.584. The van der Waals surface area contributed by atoms with Crippen LogP contribution in [0.3, 0.4) is 0 Å². The van der Waals surface area contributed by atoms with E-state index in [0.29, 0.717) is 12.5 Å². The number of aromatic hydroxyl groups is 1. The van der Waals surface area contributed by atoms with Gasteiger partial charge < -0.3 is 15.7 Å². The molecule has 27 heavy (non-hydrogen) atoms. The number of aryl methyl sites for hydroxylation is 3. The molecule has 3 N–H and O–H groups in total. The first-order valence-electron chi connectivity index (χ1n) is 9.14. The Morgan fingerprint density at radius 1 is 1.11 bits per heavy atom. The summed E-state index contributed by atoms with van der Waals surface area (Å²) in [6, 6.07) is 8.79. The van der Waals surface area contributed by atoms with Crippen molar-refractivity contribution in [1.29, 1.82) is 0 Å². The Labute approximate surface area is 159 Å². The van der Waals surface area contributed by atoms with Gasteiger partial charge in [-0.05, 0) is 39.3 Å². The van der Waals surface area contributed by atoms with E-state index in [1.54, 1.807) is 18.2 Å². The van der Waals surface area contributed by atoms with E-state index in [-0.39, 0.29) is 5.75 Å². The zero-order valence-electron chi connectivity index (χ0n) is 16.2. The summed E-state index contributed by atoms with van der Waals surface area (Å²) in [5, 5.41) is 20.7. The second-order valence-electron chi connectivity index (χ2n) is 6.62. The molecule has 0 saturated heterocycles. The lowest BCUT2D eigenvalue weighted by atomic mass is 10.2. The van der Waals surface area contributed by atoms with Crippen LogP contribution in [0.15, 0.2) is 30.3 Å². The maximum Gasteiger partial charge on any atom is 0.229 e. The Morgan fingerprint density at radius 3 is 2.67 bits per heavy atom. The molecular weight excluding hydrogens is 340 g/mol. The normalized spacial score (nSPS) is 10.8. The lowest BCUT2D eigenvalue weighted by Crippen LogP contribution is -2.07. The summed E-state index contributed by atoms with van der Waals surface area (Å²) < 4.78 is 2.06. The SMILES string of the molecule is CCCn1nc(C)c(CNc2cc(C)nc(Nc3cccc(O)c3)n2)c1C. The zero-order valence-corrected chi connectivity index (χ0v) is 16.2. The van der Waals surface area contributed by atoms with Gasteiger partial charge in [-0.2, -0.15) is 10.1 Å². The van der Waals surface area contributed by atoms with Gasteiger partial charge in [0.25, 0.3) is 0 Å². The summed E-state index contributed by atoms with van der Waals surface area (Å²) in [6.07, 6.45) is 1.06. The minimum absolute atomic E-state index is 0.195. The van der Waals surface area contributed by atoms with Crippen molar-refractivity contribution in [3.05, 3.63) is 53.0 Å². The van der Waals surface area contributed by atoms with E-state index in [2.05, 4.69) is 44.2 Å². The van der Waals surface area contributed by atoms with Crippen LogP contribution in [0.5, 0.6) is 5.75 Å². The number of phenolic OH excluding ortho intramolecular Hbond substituents is 1. The van der Waals surface area contributed by atoms with Crippen LogP contribution in [0, 0.1) is 20.8 Å². The second kappa shape index (κ2) is 8.07. The molecule has 0 spiro atoms. The highest BCUT2D eigenvalue weighted by Crippen LogP contribution is 2.21. The van der Waals surface area contributed by atoms with Crippen LogP contribution in [0.25, 0.3) is 0 Å². The molecular formula is C20H26N6O. The number of hydrogen-bond acceptors (Lipinski definition) is 6. The summed E-state index contributed by atoms with van der Waals surface area (Å²) in [5.74, 6) is 1.42. The maximum atomic E-state index is 9.60. The van der Waals surface area contributed by atoms with Gasteiger partial charge in [0.2, 0.25) is 5.95 Å². The summed E-state index contributed by atoms with van der Waals surface area (Å²) in [4.78, 5) is 8.95. The van der Waals surface area contributed by atoms with Crippen LogP contribution >= 0.6 is 0 Å². The highest BCUT2D eigenvalue weighted by Gasteiger charge is 2.11. The number of nitrogens with zero attached hydrogens (tertiary/aromatic N) is 4. The van der Waals surface area contributed by atoms with E-state index in [1.165, 1.54) is 11.3 Å². The minimum Gasteiger partial charge on any atom is -0.508 e. The van der Waals surface area contributed by atoms with Crippen LogP contribution in [0.4, 0.5) is 17.5 Å². The van der Waals surface area contributed by atoms with Gasteiger partial charge in [0.1, 0.15) is 11.6 Å². The average molecular weight is 366 g/mol. The van der Waals surface area contributed by atoms with Gasteiger partial charge in [-0.3, -0.25) is 4.68 Å². The largest absolute Gasteiger partial charge is 0.508 e. The van der Waals surface area contributed by atoms with Gasteiger partial charge in [0, 0.05) is 47.9 Å². The first kappa shape index (κ1) is 18.7. The number of nitrogens with one attached hydrogen (secondary N) is 2. The van der Waals surface area contributed by atoms with Crippen LogP contribution in [0.2, 0.25) is 0 Å². The van der Waals surface area contributed by atoms with Gasteiger partial charge in [0.05, 0.1) is 5.69 Å². The number of anilines is 3. The molecule has 0 radical (unpaired) electrons. The number of rotatable bonds is 7. The van der Waals surface area contributed by atoms with Crippen LogP contribution in [-0.4, -0.2) is 24.9 Å². The molecule has 0 bridgehead atoms.